The van der Waals surface area contributed by atoms with Crippen molar-refractivity contribution in [3.63, 3.8) is 0 Å². The van der Waals surface area contributed by atoms with Crippen LogP contribution in [0.25, 0.3) is 10.9 Å². The molecule has 0 fully saturated rings. The van der Waals surface area contributed by atoms with Crippen molar-refractivity contribution in [1.82, 2.24) is 4.98 Å². The minimum Gasteiger partial charge on any atom is -0.328 e. The number of nitrogens with two attached hydrogens (primary N) is 1. The van der Waals surface area contributed by atoms with E-state index in [4.69, 9.17) is 5.73 Å². The third-order valence-electron chi connectivity index (χ3n) is 2.37. The molecule has 1 heterocycles. The van der Waals surface area contributed by atoms with Gasteiger partial charge in [-0.2, -0.15) is 0 Å². The maximum absolute atomic E-state index is 11.7. The molecule has 3 N–H and O–H groups in total. The van der Waals surface area contributed by atoms with Gasteiger partial charge in [0.05, 0.1) is 0 Å². The number of pyridine rings is 1. The van der Waals surface area contributed by atoms with Crippen molar-refractivity contribution in [3.05, 3.63) is 46.2 Å². The molecule has 1 unspecified atom stereocenters. The fraction of sp³-hybridized carbons (Fsp3) is 0.250. The zero-order chi connectivity index (χ0) is 10.8. The second-order valence-electron chi connectivity index (χ2n) is 3.89. The maximum atomic E-state index is 11.7. The van der Waals surface area contributed by atoms with Crippen LogP contribution in [0.15, 0.2) is 35.1 Å². The summed E-state index contributed by atoms with van der Waals surface area (Å²) in [5, 5.41) is 1.05. The molecule has 0 aliphatic carbocycles. The van der Waals surface area contributed by atoms with Gasteiger partial charge in [-0.15, -0.1) is 0 Å². The Kier molecular flexibility index (Phi) is 2.56. The highest BCUT2D eigenvalue weighted by molar-refractivity contribution is 5.78. The number of nitrogens with one attached hydrogen (secondary N) is 1. The summed E-state index contributed by atoms with van der Waals surface area (Å²) >= 11 is 0. The average molecular weight is 202 g/mol. The average Bonchev–Trinajstić information content (AvgIpc) is 2.18. The second kappa shape index (κ2) is 3.87. The predicted octanol–water partition coefficient (Wildman–Crippen LogP) is 1.42. The molecule has 3 nitrogen and oxygen atoms in total. The molecule has 15 heavy (non-hydrogen) atoms. The second-order valence-corrected chi connectivity index (χ2v) is 3.89. The molecule has 1 aromatic carbocycles. The molecule has 0 saturated heterocycles. The van der Waals surface area contributed by atoms with Crippen LogP contribution in [0.3, 0.4) is 0 Å². The Balaban J connectivity index is 2.57. The summed E-state index contributed by atoms with van der Waals surface area (Å²) in [7, 11) is 0. The van der Waals surface area contributed by atoms with Crippen molar-refractivity contribution in [3.8, 4) is 0 Å². The summed E-state index contributed by atoms with van der Waals surface area (Å²) in [6.45, 7) is 1.90. The number of benzene rings is 1. The SMILES string of the molecule is CC(N)Cc1cc2ccccc2[nH]c1=O. The zero-order valence-corrected chi connectivity index (χ0v) is 8.66. The van der Waals surface area contributed by atoms with Crippen LogP contribution in [-0.2, 0) is 6.42 Å². The Bertz CT molecular complexity index is 528. The van der Waals surface area contributed by atoms with Gasteiger partial charge >= 0.3 is 0 Å². The van der Waals surface area contributed by atoms with Crippen LogP contribution in [0, 0.1) is 0 Å². The predicted molar refractivity (Wildman–Crippen MR) is 61.9 cm³/mol. The first-order valence-corrected chi connectivity index (χ1v) is 5.03. The van der Waals surface area contributed by atoms with Gasteiger partial charge in [0.2, 0.25) is 0 Å². The van der Waals surface area contributed by atoms with Crippen molar-refractivity contribution in [2.75, 3.05) is 0 Å². The molecule has 0 saturated carbocycles. The van der Waals surface area contributed by atoms with E-state index in [1.165, 1.54) is 0 Å². The lowest BCUT2D eigenvalue weighted by Crippen LogP contribution is -2.23. The van der Waals surface area contributed by atoms with Crippen LogP contribution < -0.4 is 11.3 Å². The fourth-order valence-corrected chi connectivity index (χ4v) is 1.69. The molecular formula is C12H14N2O. The van der Waals surface area contributed by atoms with Crippen LogP contribution in [0.1, 0.15) is 12.5 Å². The molecule has 1 aromatic heterocycles. The van der Waals surface area contributed by atoms with Gasteiger partial charge in [0.15, 0.2) is 0 Å². The lowest BCUT2D eigenvalue weighted by molar-refractivity contribution is 0.732. The third kappa shape index (κ3) is 2.07. The minimum atomic E-state index is -0.0361. The number of para-hydroxylation sites is 1. The fourth-order valence-electron chi connectivity index (χ4n) is 1.69. The van der Waals surface area contributed by atoms with E-state index < -0.39 is 0 Å². The van der Waals surface area contributed by atoms with E-state index in [1.807, 2.05) is 37.3 Å². The van der Waals surface area contributed by atoms with Crippen LogP contribution in [0.4, 0.5) is 0 Å². The Morgan fingerprint density at radius 1 is 1.40 bits per heavy atom. The monoisotopic (exact) mass is 202 g/mol. The summed E-state index contributed by atoms with van der Waals surface area (Å²) in [4.78, 5) is 14.5. The Morgan fingerprint density at radius 3 is 2.87 bits per heavy atom. The van der Waals surface area contributed by atoms with Crippen molar-refractivity contribution < 1.29 is 0 Å². The molecule has 0 radical (unpaired) electrons. The third-order valence-corrected chi connectivity index (χ3v) is 2.37. The first-order valence-electron chi connectivity index (χ1n) is 5.03. The van der Waals surface area contributed by atoms with Gasteiger partial charge in [-0.25, -0.2) is 0 Å². The van der Waals surface area contributed by atoms with Gasteiger partial charge in [0, 0.05) is 17.1 Å². The van der Waals surface area contributed by atoms with Crippen molar-refractivity contribution in [2.24, 2.45) is 5.73 Å². The van der Waals surface area contributed by atoms with E-state index in [9.17, 15) is 4.79 Å². The smallest absolute Gasteiger partial charge is 0.251 e. The van der Waals surface area contributed by atoms with Gasteiger partial charge in [-0.1, -0.05) is 18.2 Å². The van der Waals surface area contributed by atoms with Crippen molar-refractivity contribution in [1.29, 1.82) is 0 Å². The molecular weight excluding hydrogens is 188 g/mol. The Morgan fingerprint density at radius 2 is 2.13 bits per heavy atom. The molecule has 0 aliphatic heterocycles. The quantitative estimate of drug-likeness (QED) is 0.773. The van der Waals surface area contributed by atoms with Gasteiger partial charge in [-0.05, 0) is 30.9 Å². The van der Waals surface area contributed by atoms with E-state index in [2.05, 4.69) is 4.98 Å². The highest BCUT2D eigenvalue weighted by Crippen LogP contribution is 2.10. The molecule has 78 valence electrons. The summed E-state index contributed by atoms with van der Waals surface area (Å²) in [6.07, 6.45) is 0.611. The van der Waals surface area contributed by atoms with Gasteiger partial charge in [0.25, 0.3) is 5.56 Å². The molecule has 0 amide bonds. The summed E-state index contributed by atoms with van der Waals surface area (Å²) in [6, 6.07) is 9.66. The molecule has 0 bridgehead atoms. The number of hydrogen-bond acceptors (Lipinski definition) is 2. The number of aromatic nitrogens is 1. The maximum Gasteiger partial charge on any atom is 0.251 e. The molecule has 2 rings (SSSR count). The molecule has 0 spiro atoms. The van der Waals surface area contributed by atoms with Gasteiger partial charge in [0.1, 0.15) is 0 Å². The topological polar surface area (TPSA) is 58.9 Å². The van der Waals surface area contributed by atoms with E-state index in [0.717, 1.165) is 16.5 Å². The zero-order valence-electron chi connectivity index (χ0n) is 8.66. The summed E-state index contributed by atoms with van der Waals surface area (Å²) in [5.41, 5.74) is 7.27. The largest absolute Gasteiger partial charge is 0.328 e. The normalized spacial score (nSPS) is 12.9. The van der Waals surface area contributed by atoms with Gasteiger partial charge in [-0.3, -0.25) is 4.79 Å². The summed E-state index contributed by atoms with van der Waals surface area (Å²) < 4.78 is 0. The number of H-pyrrole nitrogens is 1. The number of aromatic amines is 1. The molecule has 3 heteroatoms. The molecule has 1 atom stereocenters. The number of hydrogen-bond donors (Lipinski definition) is 2. The highest BCUT2D eigenvalue weighted by Gasteiger charge is 2.04. The van der Waals surface area contributed by atoms with Crippen LogP contribution in [0.2, 0.25) is 0 Å². The van der Waals surface area contributed by atoms with Crippen LogP contribution >= 0.6 is 0 Å². The van der Waals surface area contributed by atoms with E-state index in [1.54, 1.807) is 0 Å². The standard InChI is InChI=1S/C12H14N2O/c1-8(13)6-10-7-9-4-2-3-5-11(9)14-12(10)15/h2-5,7-8H,6,13H2,1H3,(H,14,15). The first-order chi connectivity index (χ1) is 7.16. The Labute approximate surface area is 87.9 Å². The highest BCUT2D eigenvalue weighted by atomic mass is 16.1. The van der Waals surface area contributed by atoms with Gasteiger partial charge < -0.3 is 10.7 Å². The Hall–Kier alpha value is -1.61. The molecule has 0 aliphatic rings. The van der Waals surface area contributed by atoms with Crippen LogP contribution in [0.5, 0.6) is 0 Å². The van der Waals surface area contributed by atoms with E-state index in [-0.39, 0.29) is 11.6 Å². The van der Waals surface area contributed by atoms with Crippen molar-refractivity contribution >= 4 is 10.9 Å². The molecule has 2 aromatic rings. The van der Waals surface area contributed by atoms with Crippen molar-refractivity contribution in [2.45, 2.75) is 19.4 Å². The van der Waals surface area contributed by atoms with Crippen LogP contribution in [-0.4, -0.2) is 11.0 Å². The summed E-state index contributed by atoms with van der Waals surface area (Å²) in [5.74, 6) is 0. The van der Waals surface area contributed by atoms with E-state index >= 15 is 0 Å². The minimum absolute atomic E-state index is 0.00672. The first kappa shape index (κ1) is 9.93. The van der Waals surface area contributed by atoms with E-state index in [0.29, 0.717) is 6.42 Å². The lowest BCUT2D eigenvalue weighted by Gasteiger charge is -2.05. The number of fused-ring (bicyclic) bond motifs is 1. The lowest BCUT2D eigenvalue weighted by atomic mass is 10.1. The number of rotatable bonds is 2.